The largest absolute Gasteiger partial charge is 0.454 e. The first-order chi connectivity index (χ1) is 13.4. The topological polar surface area (TPSA) is 120 Å². The van der Waals surface area contributed by atoms with E-state index in [-0.39, 0.29) is 40.4 Å². The zero-order valence-corrected chi connectivity index (χ0v) is 15.4. The summed E-state index contributed by atoms with van der Waals surface area (Å²) in [7, 11) is 1.53. The highest BCUT2D eigenvalue weighted by molar-refractivity contribution is 6.03. The molecule has 0 unspecified atom stereocenters. The molecular formula is C19H16N4O5. The Balaban J connectivity index is 1.68. The Morgan fingerprint density at radius 3 is 2.86 bits per heavy atom. The Bertz CT molecular complexity index is 1360. The molecule has 0 aliphatic heterocycles. The lowest BCUT2D eigenvalue weighted by atomic mass is 10.1. The van der Waals surface area contributed by atoms with Crippen LogP contribution in [0.2, 0.25) is 0 Å². The summed E-state index contributed by atoms with van der Waals surface area (Å²) in [6.45, 7) is 3.14. The van der Waals surface area contributed by atoms with Crippen molar-refractivity contribution in [3.05, 3.63) is 67.9 Å². The summed E-state index contributed by atoms with van der Waals surface area (Å²) in [4.78, 5) is 48.2. The van der Waals surface area contributed by atoms with Gasteiger partial charge in [-0.15, -0.1) is 0 Å². The second-order valence-corrected chi connectivity index (χ2v) is 6.43. The molecule has 142 valence electrons. The minimum atomic E-state index is -0.756. The molecule has 1 N–H and O–H groups in total. The van der Waals surface area contributed by atoms with Crippen molar-refractivity contribution in [2.24, 2.45) is 7.05 Å². The van der Waals surface area contributed by atoms with E-state index in [4.69, 9.17) is 9.15 Å². The van der Waals surface area contributed by atoms with Gasteiger partial charge in [-0.25, -0.2) is 14.8 Å². The average Bonchev–Trinajstić information content (AvgIpc) is 3.00. The number of hydrogen-bond donors (Lipinski definition) is 1. The van der Waals surface area contributed by atoms with Gasteiger partial charge in [0.05, 0.1) is 10.9 Å². The first-order valence-corrected chi connectivity index (χ1v) is 8.47. The maximum absolute atomic E-state index is 12.6. The molecule has 0 spiro atoms. The van der Waals surface area contributed by atoms with Gasteiger partial charge < -0.3 is 18.7 Å². The third-order valence-corrected chi connectivity index (χ3v) is 4.48. The third kappa shape index (κ3) is 2.77. The van der Waals surface area contributed by atoms with Crippen LogP contribution in [0, 0.1) is 13.8 Å². The summed E-state index contributed by atoms with van der Waals surface area (Å²) in [5, 5.41) is 0.518. The van der Waals surface area contributed by atoms with E-state index in [1.165, 1.54) is 17.9 Å². The van der Waals surface area contributed by atoms with Gasteiger partial charge in [-0.3, -0.25) is 9.59 Å². The molecule has 9 heteroatoms. The van der Waals surface area contributed by atoms with Gasteiger partial charge >= 0.3 is 5.97 Å². The number of aryl methyl sites for hydroxylation is 3. The van der Waals surface area contributed by atoms with Crippen LogP contribution in [0.1, 0.15) is 27.5 Å². The minimum Gasteiger partial charge on any atom is -0.454 e. The fraction of sp³-hybridized carbons (Fsp3) is 0.211. The first kappa shape index (κ1) is 17.7. The fourth-order valence-electron chi connectivity index (χ4n) is 3.06. The van der Waals surface area contributed by atoms with Gasteiger partial charge in [0.2, 0.25) is 5.71 Å². The second kappa shape index (κ2) is 6.45. The van der Waals surface area contributed by atoms with Crippen molar-refractivity contribution in [1.29, 1.82) is 0 Å². The number of carbonyl (C=O) groups excluding carboxylic acids is 1. The molecule has 9 nitrogen and oxygen atoms in total. The summed E-state index contributed by atoms with van der Waals surface area (Å²) in [6.07, 6.45) is 1.31. The van der Waals surface area contributed by atoms with E-state index >= 15 is 0 Å². The number of hydrogen-bond acceptors (Lipinski definition) is 7. The summed E-state index contributed by atoms with van der Waals surface area (Å²) >= 11 is 0. The van der Waals surface area contributed by atoms with E-state index in [1.54, 1.807) is 19.1 Å². The van der Waals surface area contributed by atoms with Crippen LogP contribution in [0.3, 0.4) is 0 Å². The van der Waals surface area contributed by atoms with Crippen molar-refractivity contribution < 1.29 is 13.9 Å². The van der Waals surface area contributed by atoms with Crippen molar-refractivity contribution in [2.45, 2.75) is 20.5 Å². The molecule has 0 aliphatic carbocycles. The molecule has 0 fully saturated rings. The zero-order valence-electron chi connectivity index (χ0n) is 15.4. The first-order valence-electron chi connectivity index (χ1n) is 8.47. The standard InChI is InChI=1S/C19H16N4O5/c1-9-5-4-6-11-15(9)21-12(22-16(11)24)7-27-19(26)13-10(2)28-17-14(13)18(25)23(3)8-20-17/h4-6,8H,7H2,1-3H3,(H,21,22,24). The number of benzene rings is 1. The van der Waals surface area contributed by atoms with Crippen molar-refractivity contribution in [3.63, 3.8) is 0 Å². The van der Waals surface area contributed by atoms with Gasteiger partial charge in [-0.05, 0) is 25.5 Å². The molecule has 0 saturated carbocycles. The number of H-pyrrole nitrogens is 1. The summed E-state index contributed by atoms with van der Waals surface area (Å²) in [5.41, 5.74) is 0.732. The van der Waals surface area contributed by atoms with E-state index in [2.05, 4.69) is 15.0 Å². The lowest BCUT2D eigenvalue weighted by molar-refractivity contribution is 0.0462. The molecule has 4 rings (SSSR count). The molecule has 0 radical (unpaired) electrons. The van der Waals surface area contributed by atoms with Crippen LogP contribution in [0.15, 0.2) is 38.5 Å². The number of nitrogens with zero attached hydrogens (tertiary/aromatic N) is 3. The summed E-state index contributed by atoms with van der Waals surface area (Å²) in [5.74, 6) is -0.322. The molecular weight excluding hydrogens is 364 g/mol. The Hall–Kier alpha value is -3.75. The van der Waals surface area contributed by atoms with Gasteiger partial charge in [-0.2, -0.15) is 0 Å². The number of aromatic nitrogens is 4. The Morgan fingerprint density at radius 1 is 1.29 bits per heavy atom. The fourth-order valence-corrected chi connectivity index (χ4v) is 3.06. The molecule has 0 amide bonds. The number of para-hydroxylation sites is 1. The highest BCUT2D eigenvalue weighted by Gasteiger charge is 2.24. The smallest absolute Gasteiger partial charge is 0.343 e. The van der Waals surface area contributed by atoms with E-state index < -0.39 is 11.5 Å². The molecule has 0 saturated heterocycles. The minimum absolute atomic E-state index is 0.0167. The SMILES string of the molecule is Cc1oc2ncn(C)c(=O)c2c1C(=O)OCc1nc2c(C)cccc2c(=O)[nH]1. The molecule has 4 aromatic rings. The van der Waals surface area contributed by atoms with Gasteiger partial charge in [-0.1, -0.05) is 12.1 Å². The van der Waals surface area contributed by atoms with Crippen molar-refractivity contribution in [1.82, 2.24) is 19.5 Å². The van der Waals surface area contributed by atoms with Crippen molar-refractivity contribution in [2.75, 3.05) is 0 Å². The Morgan fingerprint density at radius 2 is 2.07 bits per heavy atom. The van der Waals surface area contributed by atoms with Crippen LogP contribution in [0.25, 0.3) is 22.0 Å². The van der Waals surface area contributed by atoms with E-state index in [9.17, 15) is 14.4 Å². The van der Waals surface area contributed by atoms with Crippen LogP contribution < -0.4 is 11.1 Å². The van der Waals surface area contributed by atoms with Crippen LogP contribution in [-0.4, -0.2) is 25.5 Å². The normalized spacial score (nSPS) is 11.2. The maximum atomic E-state index is 12.6. The number of fused-ring (bicyclic) bond motifs is 2. The molecule has 0 bridgehead atoms. The highest BCUT2D eigenvalue weighted by Crippen LogP contribution is 2.22. The van der Waals surface area contributed by atoms with Gasteiger partial charge in [0.1, 0.15) is 35.5 Å². The van der Waals surface area contributed by atoms with Crippen molar-refractivity contribution >= 4 is 28.0 Å². The summed E-state index contributed by atoms with van der Waals surface area (Å²) in [6, 6.07) is 5.29. The molecule has 0 atom stereocenters. The lowest BCUT2D eigenvalue weighted by Crippen LogP contribution is -2.19. The zero-order chi connectivity index (χ0) is 20.0. The molecule has 3 heterocycles. The number of rotatable bonds is 3. The molecule has 1 aromatic carbocycles. The maximum Gasteiger partial charge on any atom is 0.343 e. The summed E-state index contributed by atoms with van der Waals surface area (Å²) < 4.78 is 11.9. The number of ether oxygens (including phenoxy) is 1. The van der Waals surface area contributed by atoms with E-state index in [0.717, 1.165) is 5.56 Å². The van der Waals surface area contributed by atoms with E-state index in [0.29, 0.717) is 10.9 Å². The van der Waals surface area contributed by atoms with Crippen LogP contribution >= 0.6 is 0 Å². The van der Waals surface area contributed by atoms with Gasteiger partial charge in [0.15, 0.2) is 0 Å². The van der Waals surface area contributed by atoms with E-state index in [1.807, 2.05) is 13.0 Å². The average molecular weight is 380 g/mol. The van der Waals surface area contributed by atoms with Crippen LogP contribution in [0.4, 0.5) is 0 Å². The number of carbonyl (C=O) groups is 1. The lowest BCUT2D eigenvalue weighted by Gasteiger charge is -2.06. The molecule has 28 heavy (non-hydrogen) atoms. The van der Waals surface area contributed by atoms with Crippen LogP contribution in [-0.2, 0) is 18.4 Å². The second-order valence-electron chi connectivity index (χ2n) is 6.43. The Labute approximate surface area is 157 Å². The quantitative estimate of drug-likeness (QED) is 0.537. The van der Waals surface area contributed by atoms with Gasteiger partial charge in [0.25, 0.3) is 11.1 Å². The third-order valence-electron chi connectivity index (χ3n) is 4.48. The predicted octanol–water partition coefficient (Wildman–Crippen LogP) is 1.74. The number of aromatic amines is 1. The predicted molar refractivity (Wildman–Crippen MR) is 100 cm³/mol. The molecule has 0 aliphatic rings. The van der Waals surface area contributed by atoms with Crippen LogP contribution in [0.5, 0.6) is 0 Å². The van der Waals surface area contributed by atoms with Gasteiger partial charge in [0, 0.05) is 7.05 Å². The van der Waals surface area contributed by atoms with Crippen molar-refractivity contribution in [3.8, 4) is 0 Å². The number of esters is 1. The number of nitrogens with one attached hydrogen (secondary N) is 1. The molecule has 3 aromatic heterocycles. The highest BCUT2D eigenvalue weighted by atomic mass is 16.5. The Kier molecular flexibility index (Phi) is 4.07. The number of furan rings is 1. The monoisotopic (exact) mass is 380 g/mol.